The molecular weight excluding hydrogens is 379 g/mol. The SMILES string of the molecule is CN=C(NCCCN1CCN(c2cccc(Cl)c2)CC1)NCCC(F)(F)F. The van der Waals surface area contributed by atoms with Crippen molar-refractivity contribution in [2.75, 3.05) is 57.8 Å². The van der Waals surface area contributed by atoms with Crippen molar-refractivity contribution in [3.05, 3.63) is 29.3 Å². The molecule has 0 aromatic heterocycles. The summed E-state index contributed by atoms with van der Waals surface area (Å²) in [4.78, 5) is 8.66. The van der Waals surface area contributed by atoms with E-state index in [1.165, 1.54) is 0 Å². The van der Waals surface area contributed by atoms with Crippen LogP contribution in [-0.2, 0) is 0 Å². The van der Waals surface area contributed by atoms with Crippen LogP contribution < -0.4 is 15.5 Å². The lowest BCUT2D eigenvalue weighted by molar-refractivity contribution is -0.132. The molecule has 27 heavy (non-hydrogen) atoms. The number of hydrogen-bond acceptors (Lipinski definition) is 3. The molecule has 2 rings (SSSR count). The smallest absolute Gasteiger partial charge is 0.369 e. The van der Waals surface area contributed by atoms with Crippen molar-refractivity contribution in [2.45, 2.75) is 19.0 Å². The van der Waals surface area contributed by atoms with Gasteiger partial charge in [-0.25, -0.2) is 0 Å². The summed E-state index contributed by atoms with van der Waals surface area (Å²) in [5, 5.41) is 6.49. The van der Waals surface area contributed by atoms with Gasteiger partial charge >= 0.3 is 6.18 Å². The molecule has 1 saturated heterocycles. The van der Waals surface area contributed by atoms with E-state index < -0.39 is 12.6 Å². The predicted molar refractivity (Wildman–Crippen MR) is 105 cm³/mol. The van der Waals surface area contributed by atoms with Crippen molar-refractivity contribution >= 4 is 23.2 Å². The van der Waals surface area contributed by atoms with Crippen molar-refractivity contribution in [3.63, 3.8) is 0 Å². The third-order valence-corrected chi connectivity index (χ3v) is 4.65. The number of halogens is 4. The molecular formula is C18H27ClF3N5. The maximum atomic E-state index is 12.2. The Labute approximate surface area is 163 Å². The largest absolute Gasteiger partial charge is 0.390 e. The molecule has 0 bridgehead atoms. The van der Waals surface area contributed by atoms with Crippen LogP contribution >= 0.6 is 11.6 Å². The first-order valence-electron chi connectivity index (χ1n) is 9.11. The maximum absolute atomic E-state index is 12.2. The highest BCUT2D eigenvalue weighted by molar-refractivity contribution is 6.30. The van der Waals surface area contributed by atoms with Crippen molar-refractivity contribution in [1.82, 2.24) is 15.5 Å². The summed E-state index contributed by atoms with van der Waals surface area (Å²) >= 11 is 6.05. The maximum Gasteiger partial charge on any atom is 0.390 e. The Morgan fingerprint density at radius 3 is 2.48 bits per heavy atom. The van der Waals surface area contributed by atoms with Crippen LogP contribution in [0.2, 0.25) is 5.02 Å². The van der Waals surface area contributed by atoms with E-state index in [2.05, 4.69) is 31.5 Å². The van der Waals surface area contributed by atoms with Crippen molar-refractivity contribution in [2.24, 2.45) is 4.99 Å². The topological polar surface area (TPSA) is 42.9 Å². The molecule has 1 aromatic carbocycles. The van der Waals surface area contributed by atoms with Gasteiger partial charge in [-0.2, -0.15) is 13.2 Å². The van der Waals surface area contributed by atoms with Gasteiger partial charge in [0.15, 0.2) is 5.96 Å². The van der Waals surface area contributed by atoms with Crippen LogP contribution in [0.3, 0.4) is 0 Å². The van der Waals surface area contributed by atoms with Crippen LogP contribution in [0.15, 0.2) is 29.3 Å². The van der Waals surface area contributed by atoms with Crippen LogP contribution in [0.1, 0.15) is 12.8 Å². The Balaban J connectivity index is 1.60. The van der Waals surface area contributed by atoms with Crippen molar-refractivity contribution < 1.29 is 13.2 Å². The lowest BCUT2D eigenvalue weighted by Gasteiger charge is -2.36. The number of anilines is 1. The molecule has 1 heterocycles. The van der Waals surface area contributed by atoms with Gasteiger partial charge in [0.1, 0.15) is 0 Å². The summed E-state index contributed by atoms with van der Waals surface area (Å²) in [6.45, 7) is 5.30. The summed E-state index contributed by atoms with van der Waals surface area (Å²) in [6.07, 6.45) is -4.12. The van der Waals surface area contributed by atoms with Gasteiger partial charge in [0.05, 0.1) is 6.42 Å². The van der Waals surface area contributed by atoms with Crippen LogP contribution in [0.5, 0.6) is 0 Å². The summed E-state index contributed by atoms with van der Waals surface area (Å²) in [5.41, 5.74) is 1.15. The van der Waals surface area contributed by atoms with Gasteiger partial charge in [-0.3, -0.25) is 9.89 Å². The summed E-state index contributed by atoms with van der Waals surface area (Å²) < 4.78 is 36.5. The van der Waals surface area contributed by atoms with Crippen molar-refractivity contribution in [3.8, 4) is 0 Å². The molecule has 1 aromatic rings. The highest BCUT2D eigenvalue weighted by Gasteiger charge is 2.26. The number of benzene rings is 1. The van der Waals surface area contributed by atoms with E-state index in [1.807, 2.05) is 18.2 Å². The second-order valence-corrected chi connectivity index (χ2v) is 6.89. The molecule has 1 aliphatic rings. The molecule has 1 aliphatic heterocycles. The molecule has 0 atom stereocenters. The molecule has 9 heteroatoms. The molecule has 0 radical (unpaired) electrons. The number of hydrogen-bond donors (Lipinski definition) is 2. The number of nitrogens with one attached hydrogen (secondary N) is 2. The second kappa shape index (κ2) is 10.6. The van der Waals surface area contributed by atoms with Gasteiger partial charge in [0.2, 0.25) is 0 Å². The quantitative estimate of drug-likeness (QED) is 0.416. The second-order valence-electron chi connectivity index (χ2n) is 6.45. The van der Waals surface area contributed by atoms with Crippen molar-refractivity contribution in [1.29, 1.82) is 0 Å². The zero-order valence-electron chi connectivity index (χ0n) is 15.5. The van der Waals surface area contributed by atoms with Crippen LogP contribution in [0, 0.1) is 0 Å². The average Bonchev–Trinajstić information content (AvgIpc) is 2.63. The van der Waals surface area contributed by atoms with Gasteiger partial charge in [0.25, 0.3) is 0 Å². The van der Waals surface area contributed by atoms with Crippen LogP contribution in [-0.4, -0.2) is 69.9 Å². The minimum atomic E-state index is -4.15. The van der Waals surface area contributed by atoms with E-state index in [9.17, 15) is 13.2 Å². The number of rotatable bonds is 7. The Morgan fingerprint density at radius 1 is 1.15 bits per heavy atom. The average molecular weight is 406 g/mol. The van der Waals surface area contributed by atoms with E-state index in [4.69, 9.17) is 11.6 Å². The first-order chi connectivity index (χ1) is 12.9. The molecule has 5 nitrogen and oxygen atoms in total. The Morgan fingerprint density at radius 2 is 1.85 bits per heavy atom. The van der Waals surface area contributed by atoms with E-state index >= 15 is 0 Å². The summed E-state index contributed by atoms with van der Waals surface area (Å²) in [7, 11) is 1.55. The lowest BCUT2D eigenvalue weighted by Crippen LogP contribution is -2.47. The van der Waals surface area contributed by atoms with Crippen LogP contribution in [0.25, 0.3) is 0 Å². The number of alkyl halides is 3. The van der Waals surface area contributed by atoms with Gasteiger partial charge in [-0.1, -0.05) is 17.7 Å². The highest BCUT2D eigenvalue weighted by atomic mass is 35.5. The van der Waals surface area contributed by atoms with Gasteiger partial charge in [-0.05, 0) is 31.2 Å². The number of nitrogens with zero attached hydrogens (tertiary/aromatic N) is 3. The van der Waals surface area contributed by atoms with Gasteiger partial charge in [-0.15, -0.1) is 0 Å². The summed E-state index contributed by atoms with van der Waals surface area (Å²) in [6, 6.07) is 7.90. The van der Waals surface area contributed by atoms with E-state index in [0.717, 1.165) is 49.9 Å². The van der Waals surface area contributed by atoms with Gasteiger partial charge in [0, 0.05) is 57.0 Å². The van der Waals surface area contributed by atoms with E-state index in [-0.39, 0.29) is 6.54 Å². The Hall–Kier alpha value is -1.67. The van der Waals surface area contributed by atoms with E-state index in [1.54, 1.807) is 7.05 Å². The predicted octanol–water partition coefficient (Wildman–Crippen LogP) is 2.97. The zero-order chi connectivity index (χ0) is 19.7. The first-order valence-corrected chi connectivity index (χ1v) is 9.49. The number of aliphatic imine (C=N–C) groups is 1. The summed E-state index contributed by atoms with van der Waals surface area (Å²) in [5.74, 6) is 0.407. The standard InChI is InChI=1S/C18H27ClF3N5/c1-23-17(25-8-6-18(20,21)22)24-7-3-9-26-10-12-27(13-11-26)16-5-2-4-15(19)14-16/h2,4-5,14H,3,6-13H2,1H3,(H2,23,24,25). The zero-order valence-corrected chi connectivity index (χ0v) is 16.3. The Bertz CT molecular complexity index is 601. The lowest BCUT2D eigenvalue weighted by atomic mass is 10.2. The minimum absolute atomic E-state index is 0.172. The molecule has 0 unspecified atom stereocenters. The van der Waals surface area contributed by atoms with Crippen LogP contribution in [0.4, 0.5) is 18.9 Å². The molecule has 152 valence electrons. The monoisotopic (exact) mass is 405 g/mol. The van der Waals surface area contributed by atoms with E-state index in [0.29, 0.717) is 12.5 Å². The molecule has 0 aliphatic carbocycles. The van der Waals surface area contributed by atoms with Gasteiger partial charge < -0.3 is 15.5 Å². The fraction of sp³-hybridized carbons (Fsp3) is 0.611. The normalized spacial score (nSPS) is 16.5. The minimum Gasteiger partial charge on any atom is -0.369 e. The molecule has 0 spiro atoms. The number of piperazine rings is 1. The fourth-order valence-electron chi connectivity index (χ4n) is 2.96. The fourth-order valence-corrected chi connectivity index (χ4v) is 3.14. The third kappa shape index (κ3) is 8.26. The molecule has 2 N–H and O–H groups in total. The molecule has 0 amide bonds. The highest BCUT2D eigenvalue weighted by Crippen LogP contribution is 2.20. The number of guanidine groups is 1. The molecule has 0 saturated carbocycles. The third-order valence-electron chi connectivity index (χ3n) is 4.41. The first kappa shape index (κ1) is 21.6. The Kier molecular flexibility index (Phi) is 8.50. The molecule has 1 fully saturated rings.